The van der Waals surface area contributed by atoms with Gasteiger partial charge in [-0.2, -0.15) is 0 Å². The lowest BCUT2D eigenvalue weighted by molar-refractivity contribution is -0.134. The largest absolute Gasteiger partial charge is 0.426 e. The van der Waals surface area contributed by atoms with Gasteiger partial charge in [0.2, 0.25) is 0 Å². The maximum atomic E-state index is 11.9. The van der Waals surface area contributed by atoms with Gasteiger partial charge in [-0.3, -0.25) is 4.79 Å². The minimum Gasteiger partial charge on any atom is -0.426 e. The zero-order chi connectivity index (χ0) is 14.5. The lowest BCUT2D eigenvalue weighted by Crippen LogP contribution is -2.10. The minimum absolute atomic E-state index is 0.192. The van der Waals surface area contributed by atoms with Crippen molar-refractivity contribution < 1.29 is 9.53 Å². The van der Waals surface area contributed by atoms with E-state index in [2.05, 4.69) is 15.9 Å². The van der Waals surface area contributed by atoms with Gasteiger partial charge in [0, 0.05) is 10.9 Å². The second-order valence-electron chi connectivity index (χ2n) is 4.83. The van der Waals surface area contributed by atoms with Crippen molar-refractivity contribution in [1.82, 2.24) is 0 Å². The molecule has 0 aliphatic rings. The van der Waals surface area contributed by atoms with Crippen molar-refractivity contribution in [3.05, 3.63) is 63.6 Å². The summed E-state index contributed by atoms with van der Waals surface area (Å²) in [5.74, 6) is 0.480. The van der Waals surface area contributed by atoms with E-state index in [9.17, 15) is 4.79 Å². The minimum atomic E-state index is -0.192. The van der Waals surface area contributed by atoms with Crippen molar-refractivity contribution in [2.75, 3.05) is 0 Å². The Morgan fingerprint density at radius 1 is 1.10 bits per heavy atom. The summed E-state index contributed by atoms with van der Waals surface area (Å²) in [5.41, 5.74) is 3.07. The van der Waals surface area contributed by atoms with Gasteiger partial charge in [-0.15, -0.1) is 0 Å². The third-order valence-corrected chi connectivity index (χ3v) is 3.56. The number of rotatable bonds is 4. The summed E-state index contributed by atoms with van der Waals surface area (Å²) in [4.78, 5) is 11.9. The zero-order valence-electron chi connectivity index (χ0n) is 11.7. The van der Waals surface area contributed by atoms with Crippen LogP contribution in [0.1, 0.15) is 23.1 Å². The number of esters is 1. The summed E-state index contributed by atoms with van der Waals surface area (Å²) in [6, 6.07) is 13.9. The van der Waals surface area contributed by atoms with Crippen LogP contribution in [0, 0.1) is 13.8 Å². The van der Waals surface area contributed by atoms with E-state index in [1.165, 1.54) is 0 Å². The molecular weight excluding hydrogens is 316 g/mol. The van der Waals surface area contributed by atoms with Gasteiger partial charge in [-0.25, -0.2) is 0 Å². The third-order valence-electron chi connectivity index (χ3n) is 3.10. The smallest absolute Gasteiger partial charge is 0.311 e. The van der Waals surface area contributed by atoms with Gasteiger partial charge in [0.1, 0.15) is 5.75 Å². The van der Waals surface area contributed by atoms with E-state index in [4.69, 9.17) is 4.74 Å². The van der Waals surface area contributed by atoms with E-state index in [0.717, 1.165) is 21.2 Å². The molecule has 0 N–H and O–H groups in total. The van der Waals surface area contributed by atoms with Crippen molar-refractivity contribution >= 4 is 21.9 Å². The maximum absolute atomic E-state index is 11.9. The molecule has 0 fully saturated rings. The first kappa shape index (κ1) is 14.8. The van der Waals surface area contributed by atoms with Crippen molar-refractivity contribution in [3.63, 3.8) is 0 Å². The van der Waals surface area contributed by atoms with Gasteiger partial charge in [-0.1, -0.05) is 46.3 Å². The molecule has 2 rings (SSSR count). The maximum Gasteiger partial charge on any atom is 0.311 e. The highest BCUT2D eigenvalue weighted by molar-refractivity contribution is 9.10. The first-order chi connectivity index (χ1) is 9.56. The van der Waals surface area contributed by atoms with Crippen LogP contribution in [0.15, 0.2) is 46.9 Å². The third kappa shape index (κ3) is 3.94. The Bertz CT molecular complexity index is 583. The molecule has 0 amide bonds. The van der Waals surface area contributed by atoms with Gasteiger partial charge >= 0.3 is 5.97 Å². The number of hydrogen-bond donors (Lipinski definition) is 0. The zero-order valence-corrected chi connectivity index (χ0v) is 13.2. The molecule has 0 atom stereocenters. The number of aryl methyl sites for hydroxylation is 3. The first-order valence-electron chi connectivity index (χ1n) is 6.57. The first-order valence-corrected chi connectivity index (χ1v) is 7.37. The fraction of sp³-hybridized carbons (Fsp3) is 0.235. The van der Waals surface area contributed by atoms with Gasteiger partial charge in [0.25, 0.3) is 0 Å². The molecule has 0 saturated heterocycles. The molecule has 0 heterocycles. The predicted molar refractivity (Wildman–Crippen MR) is 84.0 cm³/mol. The van der Waals surface area contributed by atoms with Gasteiger partial charge in [0.15, 0.2) is 0 Å². The second-order valence-corrected chi connectivity index (χ2v) is 5.74. The Morgan fingerprint density at radius 2 is 1.70 bits per heavy atom. The molecule has 0 aliphatic carbocycles. The van der Waals surface area contributed by atoms with Gasteiger partial charge in [-0.05, 0) is 49.1 Å². The summed E-state index contributed by atoms with van der Waals surface area (Å²) in [7, 11) is 0. The van der Waals surface area contributed by atoms with Crippen LogP contribution in [0.4, 0.5) is 0 Å². The Kier molecular flexibility index (Phi) is 4.96. The van der Waals surface area contributed by atoms with Crippen LogP contribution < -0.4 is 4.74 Å². The van der Waals surface area contributed by atoms with Crippen LogP contribution in [0.25, 0.3) is 0 Å². The Hall–Kier alpha value is -1.61. The van der Waals surface area contributed by atoms with Crippen molar-refractivity contribution in [3.8, 4) is 5.75 Å². The monoisotopic (exact) mass is 332 g/mol. The standard InChI is InChI=1S/C17H17BrO2/c1-12-10-15(18)11-13(2)17(12)20-16(19)9-8-14-6-4-3-5-7-14/h3-7,10-11H,8-9H2,1-2H3. The van der Waals surface area contributed by atoms with Crippen LogP contribution in [0.3, 0.4) is 0 Å². The number of benzene rings is 2. The Morgan fingerprint density at radius 3 is 2.30 bits per heavy atom. The van der Waals surface area contributed by atoms with Crippen LogP contribution in [0.5, 0.6) is 5.75 Å². The highest BCUT2D eigenvalue weighted by Crippen LogP contribution is 2.27. The van der Waals surface area contributed by atoms with Crippen molar-refractivity contribution in [1.29, 1.82) is 0 Å². The highest BCUT2D eigenvalue weighted by Gasteiger charge is 2.11. The average molecular weight is 333 g/mol. The van der Waals surface area contributed by atoms with Crippen LogP contribution in [-0.2, 0) is 11.2 Å². The molecule has 0 aliphatic heterocycles. The Balaban J connectivity index is 1.98. The quantitative estimate of drug-likeness (QED) is 0.604. The van der Waals surface area contributed by atoms with E-state index in [1.807, 2.05) is 56.3 Å². The van der Waals surface area contributed by atoms with E-state index < -0.39 is 0 Å². The normalized spacial score (nSPS) is 10.3. The van der Waals surface area contributed by atoms with Crippen molar-refractivity contribution in [2.24, 2.45) is 0 Å². The molecule has 0 aromatic heterocycles. The molecule has 0 radical (unpaired) electrons. The van der Waals surface area contributed by atoms with E-state index in [0.29, 0.717) is 18.6 Å². The molecule has 20 heavy (non-hydrogen) atoms. The highest BCUT2D eigenvalue weighted by atomic mass is 79.9. The molecule has 0 bridgehead atoms. The lowest BCUT2D eigenvalue weighted by Gasteiger charge is -2.11. The van der Waals surface area contributed by atoms with Crippen molar-refractivity contribution in [2.45, 2.75) is 26.7 Å². The molecule has 0 spiro atoms. The Labute approximate surface area is 127 Å². The van der Waals surface area contributed by atoms with Gasteiger partial charge < -0.3 is 4.74 Å². The van der Waals surface area contributed by atoms with Crippen LogP contribution in [0.2, 0.25) is 0 Å². The fourth-order valence-corrected chi connectivity index (χ4v) is 2.80. The van der Waals surface area contributed by atoms with Gasteiger partial charge in [0.05, 0.1) is 0 Å². The molecule has 2 aromatic carbocycles. The molecular formula is C17H17BrO2. The summed E-state index contributed by atoms with van der Waals surface area (Å²) in [5, 5.41) is 0. The summed E-state index contributed by atoms with van der Waals surface area (Å²) < 4.78 is 6.49. The number of halogens is 1. The predicted octanol–water partition coefficient (Wildman–Crippen LogP) is 4.60. The lowest BCUT2D eigenvalue weighted by atomic mass is 10.1. The van der Waals surface area contributed by atoms with Crippen LogP contribution in [-0.4, -0.2) is 5.97 Å². The molecule has 0 saturated carbocycles. The SMILES string of the molecule is Cc1cc(Br)cc(C)c1OC(=O)CCc1ccccc1. The number of carbonyl (C=O) groups excluding carboxylic acids is 1. The molecule has 3 heteroatoms. The average Bonchev–Trinajstić information content (AvgIpc) is 2.42. The topological polar surface area (TPSA) is 26.3 Å². The summed E-state index contributed by atoms with van der Waals surface area (Å²) >= 11 is 3.43. The fourth-order valence-electron chi connectivity index (χ4n) is 2.11. The second kappa shape index (κ2) is 6.71. The van der Waals surface area contributed by atoms with E-state index >= 15 is 0 Å². The summed E-state index contributed by atoms with van der Waals surface area (Å²) in [6.45, 7) is 3.88. The number of ether oxygens (including phenoxy) is 1. The van der Waals surface area contributed by atoms with Crippen LogP contribution >= 0.6 is 15.9 Å². The molecule has 0 unspecified atom stereocenters. The summed E-state index contributed by atoms with van der Waals surface area (Å²) in [6.07, 6.45) is 1.09. The molecule has 2 nitrogen and oxygen atoms in total. The number of carbonyl (C=O) groups is 1. The molecule has 104 valence electrons. The molecule has 2 aromatic rings. The number of hydrogen-bond acceptors (Lipinski definition) is 2. The van der Waals surface area contributed by atoms with E-state index in [1.54, 1.807) is 0 Å². The van der Waals surface area contributed by atoms with E-state index in [-0.39, 0.29) is 5.97 Å².